The molecule has 5 aliphatic rings. The van der Waals surface area contributed by atoms with Gasteiger partial charge < -0.3 is 26.1 Å². The number of hydrazine groups is 1. The van der Waals surface area contributed by atoms with Gasteiger partial charge in [-0.2, -0.15) is 0 Å². The molecule has 0 aromatic carbocycles. The Labute approximate surface area is 156 Å². The Morgan fingerprint density at radius 3 is 2.88 bits per heavy atom. The molecule has 4 fully saturated rings. The van der Waals surface area contributed by atoms with Crippen LogP contribution < -0.4 is 26.8 Å². The minimum Gasteiger partial charge on any atom is -0.494 e. The van der Waals surface area contributed by atoms with Gasteiger partial charge in [-0.25, -0.2) is 5.43 Å². The summed E-state index contributed by atoms with van der Waals surface area (Å²) in [6.45, 7) is 4.50. The molecule has 144 valence electrons. The highest BCUT2D eigenvalue weighted by Gasteiger charge is 2.35. The summed E-state index contributed by atoms with van der Waals surface area (Å²) in [6, 6.07) is 1.02. The topological polar surface area (TPSA) is 69.4 Å². The van der Waals surface area contributed by atoms with Crippen LogP contribution in [0.1, 0.15) is 38.5 Å². The fourth-order valence-electron chi connectivity index (χ4n) is 5.29. The maximum absolute atomic E-state index is 6.14. The molecule has 1 saturated carbocycles. The molecule has 4 heterocycles. The zero-order chi connectivity index (χ0) is 17.3. The number of nitrogens with one attached hydrogen (secondary N) is 5. The molecule has 1 aliphatic carbocycles. The lowest BCUT2D eigenvalue weighted by atomic mass is 9.83. The molecule has 0 radical (unpaired) electrons. The molecule has 3 saturated heterocycles. The van der Waals surface area contributed by atoms with Gasteiger partial charge >= 0.3 is 0 Å². The molecule has 0 aromatic rings. The summed E-state index contributed by atoms with van der Waals surface area (Å²) in [7, 11) is 0. The predicted octanol–water partition coefficient (Wildman–Crippen LogP) is 0.954. The summed E-state index contributed by atoms with van der Waals surface area (Å²) < 4.78 is 6.14. The zero-order valence-corrected chi connectivity index (χ0v) is 15.6. The van der Waals surface area contributed by atoms with Gasteiger partial charge in [-0.1, -0.05) is 0 Å². The van der Waals surface area contributed by atoms with E-state index in [0.29, 0.717) is 24.1 Å². The van der Waals surface area contributed by atoms with Crippen molar-refractivity contribution in [3.05, 3.63) is 23.7 Å². The first-order valence-electron chi connectivity index (χ1n) is 10.6. The molecule has 0 amide bonds. The van der Waals surface area contributed by atoms with Crippen molar-refractivity contribution in [2.75, 3.05) is 26.2 Å². The van der Waals surface area contributed by atoms with Crippen molar-refractivity contribution < 1.29 is 4.74 Å². The van der Waals surface area contributed by atoms with Crippen LogP contribution in [0.4, 0.5) is 0 Å². The molecule has 0 spiro atoms. The van der Waals surface area contributed by atoms with Gasteiger partial charge in [0.1, 0.15) is 12.4 Å². The Balaban J connectivity index is 1.35. The van der Waals surface area contributed by atoms with Crippen LogP contribution in [0, 0.1) is 17.8 Å². The Hall–Kier alpha value is -1.24. The third kappa shape index (κ3) is 3.35. The maximum atomic E-state index is 6.14. The van der Waals surface area contributed by atoms with E-state index in [1.807, 2.05) is 6.26 Å². The lowest BCUT2D eigenvalue weighted by molar-refractivity contribution is 0.0376. The predicted molar refractivity (Wildman–Crippen MR) is 102 cm³/mol. The molecule has 6 nitrogen and oxygen atoms in total. The van der Waals surface area contributed by atoms with Crippen molar-refractivity contribution in [3.8, 4) is 0 Å². The first-order chi connectivity index (χ1) is 12.9. The van der Waals surface area contributed by atoms with Crippen molar-refractivity contribution in [1.82, 2.24) is 26.8 Å². The molecule has 0 bridgehead atoms. The standard InChI is InChI=1S/C20H33N5O/c1-2-14-11-24-25-19(14)12-26-20-4-3-17(20)23-10-15-5-6-22-18(15)7-16-9-21-8-13(1)16/h10,12-14,16-18,20-25H,1-9,11H2. The van der Waals surface area contributed by atoms with Crippen LogP contribution in [0.2, 0.25) is 0 Å². The van der Waals surface area contributed by atoms with E-state index in [-0.39, 0.29) is 0 Å². The van der Waals surface area contributed by atoms with Crippen LogP contribution >= 0.6 is 0 Å². The van der Waals surface area contributed by atoms with E-state index in [4.69, 9.17) is 4.74 Å². The largest absolute Gasteiger partial charge is 0.494 e. The van der Waals surface area contributed by atoms with Crippen molar-refractivity contribution in [2.24, 2.45) is 17.8 Å². The van der Waals surface area contributed by atoms with Crippen LogP contribution in [0.25, 0.3) is 0 Å². The van der Waals surface area contributed by atoms with Crippen LogP contribution in [-0.4, -0.2) is 44.4 Å². The number of hydrogen-bond acceptors (Lipinski definition) is 6. The second kappa shape index (κ2) is 7.41. The second-order valence-corrected chi connectivity index (χ2v) is 8.77. The molecule has 6 heteroatoms. The fraction of sp³-hybridized carbons (Fsp3) is 0.800. The van der Waals surface area contributed by atoms with Crippen molar-refractivity contribution in [1.29, 1.82) is 0 Å². The minimum atomic E-state index is 0.309. The van der Waals surface area contributed by atoms with E-state index in [0.717, 1.165) is 31.3 Å². The highest BCUT2D eigenvalue weighted by molar-refractivity contribution is 5.17. The van der Waals surface area contributed by atoms with Gasteiger partial charge in [-0.3, -0.25) is 0 Å². The average molecular weight is 360 g/mol. The van der Waals surface area contributed by atoms with Gasteiger partial charge in [0, 0.05) is 18.5 Å². The normalized spacial score (nSPS) is 42.8. The third-order valence-corrected chi connectivity index (χ3v) is 7.24. The molecule has 6 unspecified atom stereocenters. The molecule has 26 heavy (non-hydrogen) atoms. The summed E-state index contributed by atoms with van der Waals surface area (Å²) in [6.07, 6.45) is 12.0. The summed E-state index contributed by atoms with van der Waals surface area (Å²) in [5.41, 5.74) is 9.45. The third-order valence-electron chi connectivity index (χ3n) is 7.24. The first kappa shape index (κ1) is 16.9. The highest BCUT2D eigenvalue weighted by Crippen LogP contribution is 2.33. The maximum Gasteiger partial charge on any atom is 0.118 e. The lowest BCUT2D eigenvalue weighted by Crippen LogP contribution is -2.47. The number of ether oxygens (including phenoxy) is 1. The number of fused-ring (bicyclic) bond motifs is 4. The average Bonchev–Trinajstić information content (AvgIpc) is 3.34. The van der Waals surface area contributed by atoms with Crippen LogP contribution in [0.3, 0.4) is 0 Å². The monoisotopic (exact) mass is 359 g/mol. The van der Waals surface area contributed by atoms with Crippen LogP contribution in [0.5, 0.6) is 0 Å². The molecule has 5 rings (SSSR count). The summed E-state index contributed by atoms with van der Waals surface area (Å²) in [4.78, 5) is 0. The Morgan fingerprint density at radius 2 is 1.96 bits per heavy atom. The lowest BCUT2D eigenvalue weighted by Gasteiger charge is -2.36. The van der Waals surface area contributed by atoms with Gasteiger partial charge in [0.05, 0.1) is 11.7 Å². The number of hydrogen-bond donors (Lipinski definition) is 5. The van der Waals surface area contributed by atoms with Crippen LogP contribution in [-0.2, 0) is 4.74 Å². The summed E-state index contributed by atoms with van der Waals surface area (Å²) in [5.74, 6) is 2.16. The zero-order valence-electron chi connectivity index (χ0n) is 15.6. The van der Waals surface area contributed by atoms with Gasteiger partial charge in [0.15, 0.2) is 0 Å². The Morgan fingerprint density at radius 1 is 1.00 bits per heavy atom. The smallest absolute Gasteiger partial charge is 0.118 e. The fourth-order valence-corrected chi connectivity index (χ4v) is 5.29. The molecular formula is C20H33N5O. The SMILES string of the molecule is C1=C2NNCC2CCC2CNCC2CC2NCCC2=CNC2CCC2O1. The van der Waals surface area contributed by atoms with Gasteiger partial charge in [-0.05, 0) is 81.8 Å². The van der Waals surface area contributed by atoms with Crippen molar-refractivity contribution in [2.45, 2.75) is 56.7 Å². The molecule has 4 aliphatic heterocycles. The highest BCUT2D eigenvalue weighted by atomic mass is 16.5. The van der Waals surface area contributed by atoms with E-state index in [1.165, 1.54) is 50.9 Å². The van der Waals surface area contributed by atoms with E-state index in [2.05, 4.69) is 33.0 Å². The second-order valence-electron chi connectivity index (χ2n) is 8.77. The number of rotatable bonds is 0. The van der Waals surface area contributed by atoms with Gasteiger partial charge in [0.25, 0.3) is 0 Å². The van der Waals surface area contributed by atoms with E-state index in [9.17, 15) is 0 Å². The molecular weight excluding hydrogens is 326 g/mol. The van der Waals surface area contributed by atoms with E-state index >= 15 is 0 Å². The molecule has 5 N–H and O–H groups in total. The van der Waals surface area contributed by atoms with Crippen molar-refractivity contribution >= 4 is 0 Å². The minimum absolute atomic E-state index is 0.309. The Bertz CT molecular complexity index is 577. The Kier molecular flexibility index (Phi) is 4.82. The van der Waals surface area contributed by atoms with E-state index in [1.54, 1.807) is 5.57 Å². The van der Waals surface area contributed by atoms with Crippen LogP contribution in [0.15, 0.2) is 23.7 Å². The van der Waals surface area contributed by atoms with E-state index < -0.39 is 0 Å². The first-order valence-corrected chi connectivity index (χ1v) is 10.6. The van der Waals surface area contributed by atoms with Gasteiger partial charge in [-0.15, -0.1) is 0 Å². The van der Waals surface area contributed by atoms with Crippen molar-refractivity contribution in [3.63, 3.8) is 0 Å². The quantitative estimate of drug-likeness (QED) is 0.444. The molecule has 6 atom stereocenters. The summed E-state index contributed by atoms with van der Waals surface area (Å²) >= 11 is 0. The van der Waals surface area contributed by atoms with Gasteiger partial charge in [0.2, 0.25) is 0 Å². The summed E-state index contributed by atoms with van der Waals surface area (Å²) in [5, 5.41) is 11.1. The molecule has 0 aromatic heterocycles.